The smallest absolute Gasteiger partial charge is 0.0892 e. The molecule has 146 valence electrons. The van der Waals surface area contributed by atoms with Crippen LogP contribution >= 0.6 is 22.9 Å². The van der Waals surface area contributed by atoms with Crippen LogP contribution < -0.4 is 0 Å². The van der Waals surface area contributed by atoms with Crippen LogP contribution in [0.4, 0.5) is 0 Å². The summed E-state index contributed by atoms with van der Waals surface area (Å²) in [6.45, 7) is 1.44. The highest BCUT2D eigenvalue weighted by atomic mass is 35.5. The lowest BCUT2D eigenvalue weighted by Crippen LogP contribution is -2.46. The Kier molecular flexibility index (Phi) is 4.97. The van der Waals surface area contributed by atoms with Gasteiger partial charge in [-0.1, -0.05) is 35.0 Å². The van der Waals surface area contributed by atoms with Gasteiger partial charge in [0.2, 0.25) is 0 Å². The van der Waals surface area contributed by atoms with Gasteiger partial charge < -0.3 is 5.11 Å². The minimum atomic E-state index is -0.475. The zero-order chi connectivity index (χ0) is 19.1. The van der Waals surface area contributed by atoms with Crippen LogP contribution in [0.3, 0.4) is 0 Å². The number of nitrogens with zero attached hydrogens (tertiary/aromatic N) is 4. The zero-order valence-corrected chi connectivity index (χ0v) is 17.1. The third-order valence-electron chi connectivity index (χ3n) is 5.83. The van der Waals surface area contributed by atoms with Crippen molar-refractivity contribution in [1.29, 1.82) is 0 Å². The molecule has 2 aliphatic rings. The minimum absolute atomic E-state index is 0.0692. The molecule has 2 aromatic heterocycles. The maximum atomic E-state index is 10.9. The number of halogens is 1. The Morgan fingerprint density at radius 2 is 2.00 bits per heavy atom. The normalized spacial score (nSPS) is 25.9. The molecule has 1 N–H and O–H groups in total. The SMILES string of the molecule is O[C@@H]1CN(Cc2cccs2)[C@@H](c2ccc(Cl)cc2)C[C@@H]1n1cc(C2CC2)nn1. The summed E-state index contributed by atoms with van der Waals surface area (Å²) in [5.74, 6) is 0.567. The summed E-state index contributed by atoms with van der Waals surface area (Å²) in [4.78, 5) is 3.68. The van der Waals surface area contributed by atoms with Crippen molar-refractivity contribution in [3.05, 3.63) is 69.1 Å². The molecule has 3 atom stereocenters. The zero-order valence-electron chi connectivity index (χ0n) is 15.5. The van der Waals surface area contributed by atoms with Gasteiger partial charge >= 0.3 is 0 Å². The molecule has 5 rings (SSSR count). The summed E-state index contributed by atoms with van der Waals surface area (Å²) >= 11 is 7.87. The van der Waals surface area contributed by atoms with E-state index in [1.807, 2.05) is 23.0 Å². The van der Waals surface area contributed by atoms with Crippen molar-refractivity contribution in [2.24, 2.45) is 0 Å². The maximum absolute atomic E-state index is 10.9. The van der Waals surface area contributed by atoms with Crippen molar-refractivity contribution in [3.63, 3.8) is 0 Å². The highest BCUT2D eigenvalue weighted by molar-refractivity contribution is 7.09. The van der Waals surface area contributed by atoms with Gasteiger partial charge in [0.25, 0.3) is 0 Å². The number of benzene rings is 1. The number of aliphatic hydroxyl groups is 1. The van der Waals surface area contributed by atoms with Crippen LogP contribution in [0, 0.1) is 0 Å². The molecule has 1 saturated heterocycles. The highest BCUT2D eigenvalue weighted by Gasteiger charge is 2.38. The molecule has 2 fully saturated rings. The van der Waals surface area contributed by atoms with Crippen molar-refractivity contribution in [3.8, 4) is 0 Å². The lowest BCUT2D eigenvalue weighted by Gasteiger charge is -2.42. The standard InChI is InChI=1S/C21H23ClN4OS/c22-16-7-5-15(6-8-16)19-10-20(26-12-18(23-24-26)14-3-4-14)21(27)13-25(19)11-17-2-1-9-28-17/h1-2,5-9,12,14,19-21,27H,3-4,10-11,13H2/t19-,20+,21-/m1/s1. The number of hydrogen-bond donors (Lipinski definition) is 1. The third kappa shape index (κ3) is 3.74. The van der Waals surface area contributed by atoms with E-state index in [4.69, 9.17) is 11.6 Å². The molecule has 7 heteroatoms. The van der Waals surface area contributed by atoms with Crippen molar-refractivity contribution >= 4 is 22.9 Å². The van der Waals surface area contributed by atoms with Crippen LogP contribution in [-0.4, -0.2) is 37.6 Å². The van der Waals surface area contributed by atoms with Crippen LogP contribution in [0.25, 0.3) is 0 Å². The van der Waals surface area contributed by atoms with E-state index in [1.165, 1.54) is 23.3 Å². The Labute approximate surface area is 173 Å². The predicted octanol–water partition coefficient (Wildman–Crippen LogP) is 4.42. The second-order valence-electron chi connectivity index (χ2n) is 7.84. The molecule has 5 nitrogen and oxygen atoms in total. The highest BCUT2D eigenvalue weighted by Crippen LogP contribution is 2.41. The summed E-state index contributed by atoms with van der Waals surface area (Å²) in [6.07, 6.45) is 4.76. The number of thiophene rings is 1. The van der Waals surface area contributed by atoms with Crippen LogP contribution in [0.1, 0.15) is 53.4 Å². The van der Waals surface area contributed by atoms with Gasteiger partial charge in [0, 0.05) is 41.1 Å². The van der Waals surface area contributed by atoms with Gasteiger partial charge in [-0.25, -0.2) is 4.68 Å². The van der Waals surface area contributed by atoms with Gasteiger partial charge in [-0.15, -0.1) is 16.4 Å². The molecule has 1 aromatic carbocycles. The molecule has 1 aliphatic carbocycles. The lowest BCUT2D eigenvalue weighted by atomic mass is 9.90. The molecule has 28 heavy (non-hydrogen) atoms. The number of hydrogen-bond acceptors (Lipinski definition) is 5. The first-order valence-electron chi connectivity index (χ1n) is 9.79. The average molecular weight is 415 g/mol. The summed E-state index contributed by atoms with van der Waals surface area (Å²) in [6, 6.07) is 12.4. The Morgan fingerprint density at radius 3 is 2.71 bits per heavy atom. The van der Waals surface area contributed by atoms with Crippen LogP contribution in [0.2, 0.25) is 5.02 Å². The number of aliphatic hydroxyl groups excluding tert-OH is 1. The second kappa shape index (κ2) is 7.59. The van der Waals surface area contributed by atoms with E-state index in [0.29, 0.717) is 12.5 Å². The first kappa shape index (κ1) is 18.3. The first-order chi connectivity index (χ1) is 13.7. The van der Waals surface area contributed by atoms with Crippen molar-refractivity contribution < 1.29 is 5.11 Å². The fourth-order valence-electron chi connectivity index (χ4n) is 4.14. The predicted molar refractivity (Wildman–Crippen MR) is 111 cm³/mol. The minimum Gasteiger partial charge on any atom is -0.390 e. The third-order valence-corrected chi connectivity index (χ3v) is 6.94. The van der Waals surface area contributed by atoms with Crippen LogP contribution in [0.5, 0.6) is 0 Å². The Morgan fingerprint density at radius 1 is 1.18 bits per heavy atom. The Hall–Kier alpha value is -1.73. The monoisotopic (exact) mass is 414 g/mol. The number of likely N-dealkylation sites (tertiary alicyclic amines) is 1. The average Bonchev–Trinajstić information content (AvgIpc) is 3.20. The van der Waals surface area contributed by atoms with E-state index in [-0.39, 0.29) is 12.1 Å². The summed E-state index contributed by atoms with van der Waals surface area (Å²) in [5.41, 5.74) is 2.29. The molecule has 3 aromatic rings. The number of β-amino-alcohol motifs (C(OH)–C–C–N with tert-alkyl or cyclic N) is 1. The van der Waals surface area contributed by atoms with Gasteiger partial charge in [0.15, 0.2) is 0 Å². The van der Waals surface area contributed by atoms with E-state index < -0.39 is 6.10 Å². The Balaban J connectivity index is 1.43. The fraction of sp³-hybridized carbons (Fsp3) is 0.429. The van der Waals surface area contributed by atoms with Gasteiger partial charge in [-0.05, 0) is 48.4 Å². The maximum Gasteiger partial charge on any atom is 0.0892 e. The lowest BCUT2D eigenvalue weighted by molar-refractivity contribution is -0.0131. The molecule has 1 saturated carbocycles. The van der Waals surface area contributed by atoms with E-state index in [2.05, 4.69) is 44.9 Å². The second-order valence-corrected chi connectivity index (χ2v) is 9.31. The Bertz CT molecular complexity index is 922. The van der Waals surface area contributed by atoms with Gasteiger partial charge in [-0.3, -0.25) is 4.90 Å². The van der Waals surface area contributed by atoms with E-state index >= 15 is 0 Å². The molecular weight excluding hydrogens is 392 g/mol. The topological polar surface area (TPSA) is 54.2 Å². The molecule has 0 unspecified atom stereocenters. The van der Waals surface area contributed by atoms with Crippen molar-refractivity contribution in [2.45, 2.75) is 49.9 Å². The molecular formula is C21H23ClN4OS. The van der Waals surface area contributed by atoms with E-state index in [1.54, 1.807) is 11.3 Å². The van der Waals surface area contributed by atoms with Gasteiger partial charge in [0.05, 0.1) is 17.8 Å². The number of aromatic nitrogens is 3. The number of rotatable bonds is 5. The largest absolute Gasteiger partial charge is 0.390 e. The van der Waals surface area contributed by atoms with Crippen molar-refractivity contribution in [1.82, 2.24) is 19.9 Å². The van der Waals surface area contributed by atoms with Crippen LogP contribution in [0.15, 0.2) is 48.0 Å². The molecule has 0 spiro atoms. The van der Waals surface area contributed by atoms with Gasteiger partial charge in [0.1, 0.15) is 0 Å². The molecule has 3 heterocycles. The van der Waals surface area contributed by atoms with Crippen molar-refractivity contribution in [2.75, 3.05) is 6.54 Å². The first-order valence-corrected chi connectivity index (χ1v) is 11.0. The molecule has 0 radical (unpaired) electrons. The van der Waals surface area contributed by atoms with Gasteiger partial charge in [-0.2, -0.15) is 0 Å². The number of piperidine rings is 1. The van der Waals surface area contributed by atoms with Crippen LogP contribution in [-0.2, 0) is 6.54 Å². The summed E-state index contributed by atoms with van der Waals surface area (Å²) in [7, 11) is 0. The summed E-state index contributed by atoms with van der Waals surface area (Å²) < 4.78 is 1.89. The molecule has 1 aliphatic heterocycles. The van der Waals surface area contributed by atoms with E-state index in [0.717, 1.165) is 23.7 Å². The molecule has 0 bridgehead atoms. The summed E-state index contributed by atoms with van der Waals surface area (Å²) in [5, 5.41) is 22.5. The fourth-order valence-corrected chi connectivity index (χ4v) is 4.99. The quantitative estimate of drug-likeness (QED) is 0.671. The van der Waals surface area contributed by atoms with E-state index in [9.17, 15) is 5.11 Å². The molecule has 0 amide bonds.